The lowest BCUT2D eigenvalue weighted by Crippen LogP contribution is -2.50. The van der Waals surface area contributed by atoms with Crippen LogP contribution in [0, 0.1) is 0 Å². The number of nitrogens with one attached hydrogen (secondary N) is 1. The van der Waals surface area contributed by atoms with Gasteiger partial charge in [0.15, 0.2) is 0 Å². The smallest absolute Gasteiger partial charge is 0.238 e. The maximum absolute atomic E-state index is 12.3. The van der Waals surface area contributed by atoms with E-state index >= 15 is 0 Å². The zero-order chi connectivity index (χ0) is 18.2. The molecule has 0 aliphatic carbocycles. The number of aryl methyl sites for hydroxylation is 1. The largest absolute Gasteiger partial charge is 0.340 e. The fourth-order valence-corrected chi connectivity index (χ4v) is 3.01. The normalized spacial score (nSPS) is 16.5. The molecule has 0 radical (unpaired) electrons. The van der Waals surface area contributed by atoms with Gasteiger partial charge < -0.3 is 16.0 Å². The van der Waals surface area contributed by atoms with Crippen molar-refractivity contribution < 1.29 is 9.59 Å². The highest BCUT2D eigenvalue weighted by atomic mass is 16.2. The van der Waals surface area contributed by atoms with E-state index in [9.17, 15) is 9.59 Å². The third-order valence-electron chi connectivity index (χ3n) is 4.58. The molecule has 1 heterocycles. The van der Waals surface area contributed by atoms with Gasteiger partial charge in [-0.05, 0) is 31.4 Å². The second-order valence-electron chi connectivity index (χ2n) is 6.73. The molecule has 1 aliphatic rings. The monoisotopic (exact) mass is 346 g/mol. The quantitative estimate of drug-likeness (QED) is 0.783. The Hall–Kier alpha value is -1.92. The first-order valence-electron chi connectivity index (χ1n) is 9.13. The summed E-state index contributed by atoms with van der Waals surface area (Å²) < 4.78 is 0. The van der Waals surface area contributed by atoms with E-state index < -0.39 is 0 Å². The van der Waals surface area contributed by atoms with Gasteiger partial charge in [0.25, 0.3) is 0 Å². The highest BCUT2D eigenvalue weighted by Crippen LogP contribution is 2.15. The van der Waals surface area contributed by atoms with E-state index in [-0.39, 0.29) is 17.9 Å². The maximum atomic E-state index is 12.3. The van der Waals surface area contributed by atoms with Gasteiger partial charge in [0.05, 0.1) is 6.54 Å². The van der Waals surface area contributed by atoms with E-state index in [1.165, 1.54) is 0 Å². The van der Waals surface area contributed by atoms with Crippen molar-refractivity contribution in [2.24, 2.45) is 5.73 Å². The van der Waals surface area contributed by atoms with Crippen LogP contribution < -0.4 is 11.1 Å². The van der Waals surface area contributed by atoms with Crippen molar-refractivity contribution in [3.05, 3.63) is 29.8 Å². The number of rotatable bonds is 7. The van der Waals surface area contributed by atoms with Gasteiger partial charge in [0.2, 0.25) is 11.8 Å². The number of hydrogen-bond acceptors (Lipinski definition) is 4. The first-order valence-corrected chi connectivity index (χ1v) is 9.13. The van der Waals surface area contributed by atoms with E-state index in [1.54, 1.807) is 0 Å². The Morgan fingerprint density at radius 1 is 1.20 bits per heavy atom. The van der Waals surface area contributed by atoms with Crippen LogP contribution in [0.4, 0.5) is 5.69 Å². The van der Waals surface area contributed by atoms with Crippen LogP contribution in [0.5, 0.6) is 0 Å². The maximum Gasteiger partial charge on any atom is 0.238 e. The standard InChI is InChI=1S/C19H30N4O2/c1-3-16-6-4-5-7-17(16)21-18(24)14-22-10-12-23(13-11-22)19(25)9-8-15(2)20/h4-7,15H,3,8-14,20H2,1-2H3,(H,21,24). The molecule has 0 spiro atoms. The summed E-state index contributed by atoms with van der Waals surface area (Å²) >= 11 is 0. The summed E-state index contributed by atoms with van der Waals surface area (Å²) in [6.45, 7) is 7.17. The summed E-state index contributed by atoms with van der Waals surface area (Å²) in [5.74, 6) is 0.163. The minimum absolute atomic E-state index is 0.00219. The van der Waals surface area contributed by atoms with Crippen molar-refractivity contribution in [2.45, 2.75) is 39.2 Å². The van der Waals surface area contributed by atoms with Gasteiger partial charge >= 0.3 is 0 Å². The Morgan fingerprint density at radius 2 is 1.88 bits per heavy atom. The highest BCUT2D eigenvalue weighted by Gasteiger charge is 2.22. The zero-order valence-electron chi connectivity index (χ0n) is 15.3. The van der Waals surface area contributed by atoms with Crippen LogP contribution >= 0.6 is 0 Å². The number of carbonyl (C=O) groups excluding carboxylic acids is 2. The number of hydrogen-bond donors (Lipinski definition) is 2. The number of piperazine rings is 1. The zero-order valence-corrected chi connectivity index (χ0v) is 15.3. The molecule has 1 atom stereocenters. The van der Waals surface area contributed by atoms with Crippen LogP contribution in [-0.2, 0) is 16.0 Å². The number of para-hydroxylation sites is 1. The Bertz CT molecular complexity index is 581. The first kappa shape index (κ1) is 19.4. The first-order chi connectivity index (χ1) is 12.0. The van der Waals surface area contributed by atoms with Crippen molar-refractivity contribution in [1.29, 1.82) is 0 Å². The van der Waals surface area contributed by atoms with Crippen LogP contribution in [0.15, 0.2) is 24.3 Å². The number of amides is 2. The number of anilines is 1. The molecule has 1 aromatic carbocycles. The summed E-state index contributed by atoms with van der Waals surface area (Å²) in [7, 11) is 0. The molecular formula is C19H30N4O2. The van der Waals surface area contributed by atoms with Gasteiger partial charge in [0, 0.05) is 44.3 Å². The van der Waals surface area contributed by atoms with Crippen molar-refractivity contribution in [3.63, 3.8) is 0 Å². The summed E-state index contributed by atoms with van der Waals surface area (Å²) in [5, 5.41) is 3.00. The molecule has 0 saturated carbocycles. The lowest BCUT2D eigenvalue weighted by atomic mass is 10.1. The van der Waals surface area contributed by atoms with Crippen LogP contribution in [0.1, 0.15) is 32.3 Å². The highest BCUT2D eigenvalue weighted by molar-refractivity contribution is 5.93. The summed E-state index contributed by atoms with van der Waals surface area (Å²) in [5.41, 5.74) is 7.74. The predicted molar refractivity (Wildman–Crippen MR) is 100 cm³/mol. The second kappa shape index (κ2) is 9.53. The van der Waals surface area contributed by atoms with Crippen LogP contribution in [0.25, 0.3) is 0 Å². The molecule has 25 heavy (non-hydrogen) atoms. The Labute approximate surface area is 150 Å². The van der Waals surface area contributed by atoms with E-state index in [4.69, 9.17) is 5.73 Å². The van der Waals surface area contributed by atoms with E-state index in [1.807, 2.05) is 36.1 Å². The Balaban J connectivity index is 1.76. The number of nitrogens with two attached hydrogens (primary N) is 1. The average molecular weight is 346 g/mol. The minimum Gasteiger partial charge on any atom is -0.340 e. The molecule has 2 rings (SSSR count). The van der Waals surface area contributed by atoms with Gasteiger partial charge in [-0.25, -0.2) is 0 Å². The molecule has 138 valence electrons. The Kier molecular flexibility index (Phi) is 7.40. The van der Waals surface area contributed by atoms with Crippen LogP contribution in [0.2, 0.25) is 0 Å². The van der Waals surface area contributed by atoms with Gasteiger partial charge in [0.1, 0.15) is 0 Å². The average Bonchev–Trinajstić information content (AvgIpc) is 2.60. The van der Waals surface area contributed by atoms with Gasteiger partial charge in [-0.2, -0.15) is 0 Å². The number of nitrogens with zero attached hydrogens (tertiary/aromatic N) is 2. The molecule has 0 aromatic heterocycles. The molecule has 6 heteroatoms. The van der Waals surface area contributed by atoms with E-state index in [0.717, 1.165) is 37.2 Å². The molecule has 3 N–H and O–H groups in total. The fraction of sp³-hybridized carbons (Fsp3) is 0.579. The number of benzene rings is 1. The molecule has 1 fully saturated rings. The SMILES string of the molecule is CCc1ccccc1NC(=O)CN1CCN(C(=O)CCC(C)N)CC1. The lowest BCUT2D eigenvalue weighted by Gasteiger charge is -2.34. The van der Waals surface area contributed by atoms with Crippen molar-refractivity contribution in [2.75, 3.05) is 38.0 Å². The van der Waals surface area contributed by atoms with Gasteiger partial charge in [-0.1, -0.05) is 25.1 Å². The van der Waals surface area contributed by atoms with Crippen molar-refractivity contribution in [3.8, 4) is 0 Å². The minimum atomic E-state index is -0.00219. The van der Waals surface area contributed by atoms with E-state index in [0.29, 0.717) is 26.1 Å². The topological polar surface area (TPSA) is 78.7 Å². The van der Waals surface area contributed by atoms with E-state index in [2.05, 4.69) is 17.1 Å². The predicted octanol–water partition coefficient (Wildman–Crippen LogP) is 1.46. The molecular weight excluding hydrogens is 316 g/mol. The molecule has 2 amide bonds. The van der Waals surface area contributed by atoms with Crippen molar-refractivity contribution in [1.82, 2.24) is 9.80 Å². The summed E-state index contributed by atoms with van der Waals surface area (Å²) in [6, 6.07) is 7.94. The Morgan fingerprint density at radius 3 is 2.52 bits per heavy atom. The molecule has 6 nitrogen and oxygen atoms in total. The fourth-order valence-electron chi connectivity index (χ4n) is 3.01. The molecule has 1 saturated heterocycles. The van der Waals surface area contributed by atoms with Gasteiger partial charge in [-0.15, -0.1) is 0 Å². The summed E-state index contributed by atoms with van der Waals surface area (Å²) in [6.07, 6.45) is 2.11. The third-order valence-corrected chi connectivity index (χ3v) is 4.58. The second-order valence-corrected chi connectivity index (χ2v) is 6.73. The van der Waals surface area contributed by atoms with Gasteiger partial charge in [-0.3, -0.25) is 14.5 Å². The number of carbonyl (C=O) groups is 2. The molecule has 1 aromatic rings. The third kappa shape index (κ3) is 6.14. The molecule has 0 bridgehead atoms. The van der Waals surface area contributed by atoms with Crippen molar-refractivity contribution >= 4 is 17.5 Å². The van der Waals surface area contributed by atoms with Crippen LogP contribution in [0.3, 0.4) is 0 Å². The molecule has 1 aliphatic heterocycles. The lowest BCUT2D eigenvalue weighted by molar-refractivity contribution is -0.133. The summed E-state index contributed by atoms with van der Waals surface area (Å²) in [4.78, 5) is 28.4. The molecule has 1 unspecified atom stereocenters. The van der Waals surface area contributed by atoms with Crippen LogP contribution in [-0.4, -0.2) is 60.4 Å².